The maximum Gasteiger partial charge on any atom is 0.328 e. The van der Waals surface area contributed by atoms with Crippen LogP contribution in [0, 0.1) is 0 Å². The lowest BCUT2D eigenvalue weighted by Crippen LogP contribution is -2.21. The Balaban J connectivity index is 2.59. The Labute approximate surface area is 126 Å². The normalized spacial score (nSPS) is 14.2. The third kappa shape index (κ3) is 2.74. The van der Waals surface area contributed by atoms with Crippen LogP contribution in [-0.2, 0) is 9.53 Å². The van der Waals surface area contributed by atoms with Crippen LogP contribution >= 0.6 is 23.2 Å². The fourth-order valence-corrected chi connectivity index (χ4v) is 2.31. The molecule has 0 aliphatic carbocycles. The third-order valence-electron chi connectivity index (χ3n) is 2.89. The number of alkyl halides is 1. The zero-order valence-electron chi connectivity index (χ0n) is 11.4. The van der Waals surface area contributed by atoms with Gasteiger partial charge in [-0.2, -0.15) is 0 Å². The molecule has 0 spiro atoms. The van der Waals surface area contributed by atoms with E-state index in [1.165, 1.54) is 6.20 Å². The average molecular weight is 316 g/mol. The van der Waals surface area contributed by atoms with Gasteiger partial charge in [0.1, 0.15) is 17.4 Å². The van der Waals surface area contributed by atoms with Crippen molar-refractivity contribution in [2.75, 3.05) is 6.61 Å². The average Bonchev–Trinajstić information content (AvgIpc) is 2.76. The fraction of sp³-hybridized carbons (Fsp3) is 0.462. The lowest BCUT2D eigenvalue weighted by atomic mass is 10.3. The standard InChI is InChI=1S/C13H15Cl2N3O2/c1-4-20-13(19)8(3)18-11(7(2)14)17-10-5-9(15)6-16-12(10)18/h5-8H,4H2,1-3H3. The maximum absolute atomic E-state index is 12.0. The van der Waals surface area contributed by atoms with Crippen LogP contribution in [0.4, 0.5) is 0 Å². The van der Waals surface area contributed by atoms with E-state index in [1.807, 2.05) is 0 Å². The van der Waals surface area contributed by atoms with E-state index in [9.17, 15) is 4.79 Å². The highest BCUT2D eigenvalue weighted by molar-refractivity contribution is 6.31. The predicted molar refractivity (Wildman–Crippen MR) is 78.2 cm³/mol. The molecule has 0 bridgehead atoms. The summed E-state index contributed by atoms with van der Waals surface area (Å²) in [6.07, 6.45) is 1.52. The zero-order chi connectivity index (χ0) is 14.9. The predicted octanol–water partition coefficient (Wildman–Crippen LogP) is 3.51. The molecule has 0 N–H and O–H groups in total. The molecule has 2 aromatic heterocycles. The Bertz CT molecular complexity index is 640. The number of aromatic nitrogens is 3. The molecule has 0 radical (unpaired) electrons. The van der Waals surface area contributed by atoms with Crippen LogP contribution in [0.1, 0.15) is 38.0 Å². The molecule has 0 aliphatic rings. The minimum absolute atomic E-state index is 0.320. The van der Waals surface area contributed by atoms with Crippen LogP contribution in [0.25, 0.3) is 11.2 Å². The molecule has 0 saturated heterocycles. The van der Waals surface area contributed by atoms with E-state index >= 15 is 0 Å². The van der Waals surface area contributed by atoms with Gasteiger partial charge in [-0.15, -0.1) is 11.6 Å². The van der Waals surface area contributed by atoms with Crippen molar-refractivity contribution in [3.63, 3.8) is 0 Å². The van der Waals surface area contributed by atoms with E-state index in [2.05, 4.69) is 9.97 Å². The number of rotatable bonds is 4. The lowest BCUT2D eigenvalue weighted by molar-refractivity contribution is -0.146. The number of hydrogen-bond donors (Lipinski definition) is 0. The number of pyridine rings is 1. The SMILES string of the molecule is CCOC(=O)C(C)n1c(C(C)Cl)nc2cc(Cl)cnc21. The van der Waals surface area contributed by atoms with Gasteiger partial charge in [-0.25, -0.2) is 14.8 Å². The van der Waals surface area contributed by atoms with Gasteiger partial charge in [0.2, 0.25) is 0 Å². The molecule has 0 aliphatic heterocycles. The van der Waals surface area contributed by atoms with Gasteiger partial charge in [0.15, 0.2) is 5.65 Å². The molecule has 5 nitrogen and oxygen atoms in total. The van der Waals surface area contributed by atoms with Crippen molar-refractivity contribution in [1.82, 2.24) is 14.5 Å². The molecule has 0 fully saturated rings. The summed E-state index contributed by atoms with van der Waals surface area (Å²) in [5, 5.41) is 0.125. The number of carbonyl (C=O) groups is 1. The number of fused-ring (bicyclic) bond motifs is 1. The molecule has 2 aromatic rings. The molecule has 20 heavy (non-hydrogen) atoms. The number of ether oxygens (including phenoxy) is 1. The Morgan fingerprint density at radius 3 is 2.80 bits per heavy atom. The molecule has 7 heteroatoms. The summed E-state index contributed by atoms with van der Waals surface area (Å²) < 4.78 is 6.75. The van der Waals surface area contributed by atoms with E-state index in [-0.39, 0.29) is 11.3 Å². The first-order valence-electron chi connectivity index (χ1n) is 6.29. The number of carbonyl (C=O) groups excluding carboxylic acids is 1. The van der Waals surface area contributed by atoms with Crippen LogP contribution in [0.15, 0.2) is 12.3 Å². The highest BCUT2D eigenvalue weighted by atomic mass is 35.5. The molecule has 108 valence electrons. The smallest absolute Gasteiger partial charge is 0.328 e. The summed E-state index contributed by atoms with van der Waals surface area (Å²) >= 11 is 12.1. The highest BCUT2D eigenvalue weighted by Crippen LogP contribution is 2.28. The minimum Gasteiger partial charge on any atom is -0.464 e. The van der Waals surface area contributed by atoms with Crippen LogP contribution in [-0.4, -0.2) is 27.1 Å². The van der Waals surface area contributed by atoms with Gasteiger partial charge in [0.05, 0.1) is 17.0 Å². The molecule has 0 amide bonds. The largest absolute Gasteiger partial charge is 0.464 e. The van der Waals surface area contributed by atoms with Gasteiger partial charge < -0.3 is 4.74 Å². The molecule has 2 heterocycles. The first-order valence-corrected chi connectivity index (χ1v) is 7.11. The van der Waals surface area contributed by atoms with E-state index in [0.29, 0.717) is 28.6 Å². The maximum atomic E-state index is 12.0. The first-order chi connectivity index (χ1) is 9.45. The van der Waals surface area contributed by atoms with Crippen molar-refractivity contribution in [2.24, 2.45) is 0 Å². The third-order valence-corrected chi connectivity index (χ3v) is 3.30. The minimum atomic E-state index is -0.551. The Morgan fingerprint density at radius 1 is 1.50 bits per heavy atom. The van der Waals surface area contributed by atoms with Crippen molar-refractivity contribution in [2.45, 2.75) is 32.2 Å². The summed E-state index contributed by atoms with van der Waals surface area (Å²) in [5.41, 5.74) is 1.17. The van der Waals surface area contributed by atoms with Crippen molar-refractivity contribution >= 4 is 40.3 Å². The second-order valence-corrected chi connectivity index (χ2v) is 5.47. The van der Waals surface area contributed by atoms with E-state index < -0.39 is 6.04 Å². The van der Waals surface area contributed by atoms with Gasteiger partial charge in [0.25, 0.3) is 0 Å². The van der Waals surface area contributed by atoms with Crippen molar-refractivity contribution in [1.29, 1.82) is 0 Å². The van der Waals surface area contributed by atoms with Gasteiger partial charge in [-0.3, -0.25) is 4.57 Å². The quantitative estimate of drug-likeness (QED) is 0.640. The van der Waals surface area contributed by atoms with Gasteiger partial charge >= 0.3 is 5.97 Å². The van der Waals surface area contributed by atoms with Crippen molar-refractivity contribution in [3.05, 3.63) is 23.1 Å². The Hall–Kier alpha value is -1.33. The number of nitrogens with zero attached hydrogens (tertiary/aromatic N) is 3. The van der Waals surface area contributed by atoms with Crippen molar-refractivity contribution < 1.29 is 9.53 Å². The Kier molecular flexibility index (Phi) is 4.50. The van der Waals surface area contributed by atoms with Crippen LogP contribution < -0.4 is 0 Å². The Morgan fingerprint density at radius 2 is 2.20 bits per heavy atom. The number of esters is 1. The number of hydrogen-bond acceptors (Lipinski definition) is 4. The van der Waals surface area contributed by atoms with E-state index in [0.717, 1.165) is 0 Å². The van der Waals surface area contributed by atoms with E-state index in [4.69, 9.17) is 27.9 Å². The van der Waals surface area contributed by atoms with Gasteiger partial charge in [0, 0.05) is 6.20 Å². The summed E-state index contributed by atoms with van der Waals surface area (Å²) in [7, 11) is 0. The molecule has 2 unspecified atom stereocenters. The molecule has 2 rings (SSSR count). The summed E-state index contributed by atoms with van der Waals surface area (Å²) in [6, 6.07) is 1.14. The lowest BCUT2D eigenvalue weighted by Gasteiger charge is -2.16. The fourth-order valence-electron chi connectivity index (χ4n) is 2.01. The zero-order valence-corrected chi connectivity index (χ0v) is 12.9. The summed E-state index contributed by atoms with van der Waals surface area (Å²) in [6.45, 7) is 5.61. The second kappa shape index (κ2) is 5.97. The van der Waals surface area contributed by atoms with Crippen LogP contribution in [0.5, 0.6) is 0 Å². The van der Waals surface area contributed by atoms with Gasteiger partial charge in [-0.1, -0.05) is 11.6 Å². The van der Waals surface area contributed by atoms with Gasteiger partial charge in [-0.05, 0) is 26.8 Å². The van der Waals surface area contributed by atoms with Crippen molar-refractivity contribution in [3.8, 4) is 0 Å². The second-order valence-electron chi connectivity index (χ2n) is 4.38. The summed E-state index contributed by atoms with van der Waals surface area (Å²) in [5.74, 6) is 0.221. The van der Waals surface area contributed by atoms with E-state index in [1.54, 1.807) is 31.4 Å². The molecular formula is C13H15Cl2N3O2. The highest BCUT2D eigenvalue weighted by Gasteiger charge is 2.25. The first kappa shape index (κ1) is 15.1. The summed E-state index contributed by atoms with van der Waals surface area (Å²) in [4.78, 5) is 20.6. The number of imidazole rings is 1. The molecular weight excluding hydrogens is 301 g/mol. The number of halogens is 2. The molecule has 0 saturated carbocycles. The van der Waals surface area contributed by atoms with Crippen LogP contribution in [0.2, 0.25) is 5.02 Å². The topological polar surface area (TPSA) is 57.0 Å². The van der Waals surface area contributed by atoms with Crippen LogP contribution in [0.3, 0.4) is 0 Å². The molecule has 0 aromatic carbocycles. The monoisotopic (exact) mass is 315 g/mol. The molecule has 2 atom stereocenters.